The quantitative estimate of drug-likeness (QED) is 0.549. The number of rotatable bonds is 4. The maximum Gasteiger partial charge on any atom is 0.307 e. The Labute approximate surface area is 176 Å². The summed E-state index contributed by atoms with van der Waals surface area (Å²) in [6.07, 6.45) is 4.47. The molecule has 7 heteroatoms. The summed E-state index contributed by atoms with van der Waals surface area (Å²) in [7, 11) is 0. The highest BCUT2D eigenvalue weighted by Gasteiger charge is 2.71. The molecule has 4 aliphatic rings. The minimum atomic E-state index is -1.26. The molecule has 4 N–H and O–H groups in total. The standard InChI is InChI=1S/C23H32O7/c1-20-6-3-14(24)11-13(20)12-15(19(27)28)18-16-4-7-22(29,8-5-17(25)26)21(16,2)9-10-23(18,20)30/h11,15-16,18,29-30H,3-10,12H2,1-2H3,(H,25,26)(H,27,28)/t15?,16-,18-,20-,21-,22-,23+/m0/s1. The van der Waals surface area contributed by atoms with E-state index >= 15 is 0 Å². The Morgan fingerprint density at radius 3 is 2.43 bits per heavy atom. The number of aliphatic hydroxyl groups is 2. The van der Waals surface area contributed by atoms with Gasteiger partial charge in [-0.25, -0.2) is 0 Å². The van der Waals surface area contributed by atoms with Crippen molar-refractivity contribution in [2.75, 3.05) is 0 Å². The maximum atomic E-state index is 12.3. The molecule has 0 amide bonds. The van der Waals surface area contributed by atoms with Crippen molar-refractivity contribution >= 4 is 17.7 Å². The van der Waals surface area contributed by atoms with E-state index in [0.717, 1.165) is 5.57 Å². The van der Waals surface area contributed by atoms with Crippen LogP contribution >= 0.6 is 0 Å². The molecule has 0 aliphatic heterocycles. The predicted octanol–water partition coefficient (Wildman–Crippen LogP) is 2.54. The number of fused-ring (bicyclic) bond motifs is 5. The zero-order valence-corrected chi connectivity index (χ0v) is 17.7. The second kappa shape index (κ2) is 6.63. The highest BCUT2D eigenvalue weighted by atomic mass is 16.4. The Kier molecular flexibility index (Phi) is 4.75. The van der Waals surface area contributed by atoms with Gasteiger partial charge in [-0.15, -0.1) is 0 Å². The van der Waals surface area contributed by atoms with Crippen LogP contribution in [0.5, 0.6) is 0 Å². The van der Waals surface area contributed by atoms with E-state index in [9.17, 15) is 29.7 Å². The molecule has 7 nitrogen and oxygen atoms in total. The molecule has 3 saturated carbocycles. The first-order chi connectivity index (χ1) is 13.9. The lowest BCUT2D eigenvalue weighted by atomic mass is 9.42. The molecule has 0 bridgehead atoms. The van der Waals surface area contributed by atoms with Crippen LogP contribution in [0.3, 0.4) is 0 Å². The Hall–Kier alpha value is -1.73. The molecule has 0 heterocycles. The molecule has 30 heavy (non-hydrogen) atoms. The summed E-state index contributed by atoms with van der Waals surface area (Å²) >= 11 is 0. The van der Waals surface area contributed by atoms with Gasteiger partial charge >= 0.3 is 11.9 Å². The topological polar surface area (TPSA) is 132 Å². The van der Waals surface area contributed by atoms with Crippen LogP contribution < -0.4 is 0 Å². The molecular formula is C23H32O7. The number of aliphatic carboxylic acids is 2. The van der Waals surface area contributed by atoms with Gasteiger partial charge in [0.15, 0.2) is 5.78 Å². The lowest BCUT2D eigenvalue weighted by molar-refractivity contribution is -0.228. The Bertz CT molecular complexity index is 833. The van der Waals surface area contributed by atoms with E-state index in [1.807, 2.05) is 13.8 Å². The van der Waals surface area contributed by atoms with E-state index in [4.69, 9.17) is 5.11 Å². The second-order valence-electron chi connectivity index (χ2n) is 10.6. The zero-order chi connectivity index (χ0) is 22.1. The van der Waals surface area contributed by atoms with Crippen molar-refractivity contribution in [3.8, 4) is 0 Å². The van der Waals surface area contributed by atoms with Crippen molar-refractivity contribution in [2.45, 2.75) is 82.8 Å². The van der Waals surface area contributed by atoms with Gasteiger partial charge in [-0.05, 0) is 62.4 Å². The molecule has 4 rings (SSSR count). The normalized spacial score (nSPS) is 47.7. The van der Waals surface area contributed by atoms with Crippen LogP contribution in [-0.4, -0.2) is 49.4 Å². The van der Waals surface area contributed by atoms with Gasteiger partial charge in [0.05, 0.1) is 17.1 Å². The minimum Gasteiger partial charge on any atom is -0.481 e. The summed E-state index contributed by atoms with van der Waals surface area (Å²) in [5.74, 6) is -3.54. The third kappa shape index (κ3) is 2.67. The van der Waals surface area contributed by atoms with E-state index < -0.39 is 45.8 Å². The van der Waals surface area contributed by atoms with E-state index in [1.54, 1.807) is 6.08 Å². The largest absolute Gasteiger partial charge is 0.481 e. The molecule has 0 radical (unpaired) electrons. The van der Waals surface area contributed by atoms with Crippen molar-refractivity contribution in [3.63, 3.8) is 0 Å². The fraction of sp³-hybridized carbons (Fsp3) is 0.783. The van der Waals surface area contributed by atoms with Crippen LogP contribution in [0.2, 0.25) is 0 Å². The molecule has 166 valence electrons. The lowest BCUT2D eigenvalue weighted by Crippen LogP contribution is -2.67. The third-order valence-electron chi connectivity index (χ3n) is 9.57. The predicted molar refractivity (Wildman–Crippen MR) is 106 cm³/mol. The highest BCUT2D eigenvalue weighted by molar-refractivity contribution is 5.92. The van der Waals surface area contributed by atoms with Crippen molar-refractivity contribution in [2.24, 2.45) is 28.6 Å². The molecule has 0 aromatic carbocycles. The maximum absolute atomic E-state index is 12.3. The summed E-state index contributed by atoms with van der Waals surface area (Å²) in [6.45, 7) is 3.91. The van der Waals surface area contributed by atoms with Gasteiger partial charge < -0.3 is 20.4 Å². The van der Waals surface area contributed by atoms with E-state index in [2.05, 4.69) is 0 Å². The van der Waals surface area contributed by atoms with Gasteiger partial charge in [0, 0.05) is 24.2 Å². The lowest BCUT2D eigenvalue weighted by Gasteiger charge is -2.64. The molecule has 0 aromatic heterocycles. The van der Waals surface area contributed by atoms with Crippen LogP contribution in [0.4, 0.5) is 0 Å². The Balaban J connectivity index is 1.78. The first-order valence-corrected chi connectivity index (χ1v) is 11.0. The highest BCUT2D eigenvalue weighted by Crippen LogP contribution is 2.70. The number of carboxylic acids is 2. The molecule has 3 fully saturated rings. The molecule has 0 aromatic rings. The molecule has 7 atom stereocenters. The number of hydrogen-bond donors (Lipinski definition) is 4. The first-order valence-electron chi connectivity index (χ1n) is 11.0. The SMILES string of the molecule is C[C@]12CCC(=O)C=C1CC(C(=O)O)[C@H]1[C@@H]3CC[C@](O)(CCC(=O)O)[C@@]3(C)CC[C@@]12O. The van der Waals surface area contributed by atoms with E-state index in [-0.39, 0.29) is 31.0 Å². The van der Waals surface area contributed by atoms with Gasteiger partial charge in [0.1, 0.15) is 0 Å². The number of ketones is 1. The van der Waals surface area contributed by atoms with E-state index in [0.29, 0.717) is 38.5 Å². The van der Waals surface area contributed by atoms with Crippen LogP contribution in [0.15, 0.2) is 11.6 Å². The molecule has 4 aliphatic carbocycles. The smallest absolute Gasteiger partial charge is 0.307 e. The first kappa shape index (κ1) is 21.5. The van der Waals surface area contributed by atoms with Gasteiger partial charge in [-0.2, -0.15) is 0 Å². The van der Waals surface area contributed by atoms with Crippen LogP contribution in [0.25, 0.3) is 0 Å². The van der Waals surface area contributed by atoms with Crippen LogP contribution in [0.1, 0.15) is 71.6 Å². The molecule has 0 spiro atoms. The summed E-state index contributed by atoms with van der Waals surface area (Å²) in [6, 6.07) is 0. The fourth-order valence-electron chi connectivity index (χ4n) is 7.61. The number of carboxylic acid groups (broad SMARTS) is 2. The third-order valence-corrected chi connectivity index (χ3v) is 9.57. The zero-order valence-electron chi connectivity index (χ0n) is 17.7. The number of hydrogen-bond acceptors (Lipinski definition) is 5. The number of carbonyl (C=O) groups excluding carboxylic acids is 1. The summed E-state index contributed by atoms with van der Waals surface area (Å²) in [5.41, 5.74) is -2.99. The monoisotopic (exact) mass is 420 g/mol. The van der Waals surface area contributed by atoms with Gasteiger partial charge in [0.25, 0.3) is 0 Å². The van der Waals surface area contributed by atoms with Crippen molar-refractivity contribution < 1.29 is 34.8 Å². The average Bonchev–Trinajstić information content (AvgIpc) is 2.93. The Morgan fingerprint density at radius 2 is 1.80 bits per heavy atom. The van der Waals surface area contributed by atoms with Crippen molar-refractivity contribution in [3.05, 3.63) is 11.6 Å². The van der Waals surface area contributed by atoms with E-state index in [1.165, 1.54) is 0 Å². The molecular weight excluding hydrogens is 388 g/mol. The van der Waals surface area contributed by atoms with Crippen molar-refractivity contribution in [1.29, 1.82) is 0 Å². The fourth-order valence-corrected chi connectivity index (χ4v) is 7.61. The summed E-state index contributed by atoms with van der Waals surface area (Å²) in [4.78, 5) is 35.5. The summed E-state index contributed by atoms with van der Waals surface area (Å²) in [5, 5.41) is 42.8. The van der Waals surface area contributed by atoms with Crippen LogP contribution in [-0.2, 0) is 14.4 Å². The van der Waals surface area contributed by atoms with Gasteiger partial charge in [-0.1, -0.05) is 19.4 Å². The Morgan fingerprint density at radius 1 is 1.10 bits per heavy atom. The van der Waals surface area contributed by atoms with Crippen molar-refractivity contribution in [1.82, 2.24) is 0 Å². The van der Waals surface area contributed by atoms with Gasteiger partial charge in [-0.3, -0.25) is 14.4 Å². The van der Waals surface area contributed by atoms with Gasteiger partial charge in [0.2, 0.25) is 0 Å². The van der Waals surface area contributed by atoms with Crippen LogP contribution in [0, 0.1) is 28.6 Å². The second-order valence-corrected chi connectivity index (χ2v) is 10.6. The minimum absolute atomic E-state index is 0.0155. The summed E-state index contributed by atoms with van der Waals surface area (Å²) < 4.78 is 0. The molecule has 0 saturated heterocycles. The average molecular weight is 421 g/mol. The molecule has 1 unspecified atom stereocenters. The number of carbonyl (C=O) groups is 3.